The Morgan fingerprint density at radius 2 is 2.00 bits per heavy atom. The van der Waals surface area contributed by atoms with Gasteiger partial charge in [-0.25, -0.2) is 0 Å². The summed E-state index contributed by atoms with van der Waals surface area (Å²) >= 11 is 0. The molecule has 1 saturated carbocycles. The molecule has 2 aliphatic rings. The van der Waals surface area contributed by atoms with Gasteiger partial charge in [-0.05, 0) is 37.6 Å². The van der Waals surface area contributed by atoms with Crippen molar-refractivity contribution in [3.63, 3.8) is 0 Å². The van der Waals surface area contributed by atoms with Crippen LogP contribution >= 0.6 is 0 Å². The maximum absolute atomic E-state index is 3.66. The lowest BCUT2D eigenvalue weighted by Crippen LogP contribution is -2.49. The van der Waals surface area contributed by atoms with Crippen LogP contribution in [0.1, 0.15) is 45.4 Å². The van der Waals surface area contributed by atoms with Crippen molar-refractivity contribution in [3.05, 3.63) is 0 Å². The van der Waals surface area contributed by atoms with Crippen LogP contribution in [0.25, 0.3) is 0 Å². The van der Waals surface area contributed by atoms with Gasteiger partial charge in [-0.2, -0.15) is 0 Å². The molecule has 1 heterocycles. The fourth-order valence-corrected chi connectivity index (χ4v) is 2.82. The average Bonchev–Trinajstić information content (AvgIpc) is 2.03. The summed E-state index contributed by atoms with van der Waals surface area (Å²) in [6, 6.07) is 0.852. The van der Waals surface area contributed by atoms with Crippen LogP contribution in [0.3, 0.4) is 0 Å². The molecule has 2 atom stereocenters. The van der Waals surface area contributed by atoms with Gasteiger partial charge in [0.05, 0.1) is 0 Å². The molecule has 1 saturated heterocycles. The zero-order valence-electron chi connectivity index (χ0n) is 7.53. The van der Waals surface area contributed by atoms with E-state index in [4.69, 9.17) is 0 Å². The highest BCUT2D eigenvalue weighted by Crippen LogP contribution is 2.41. The van der Waals surface area contributed by atoms with Crippen LogP contribution in [-0.2, 0) is 0 Å². The number of hydrogen-bond donors (Lipinski definition) is 1. The number of piperidine rings is 1. The van der Waals surface area contributed by atoms with Crippen molar-refractivity contribution in [2.75, 3.05) is 6.54 Å². The van der Waals surface area contributed by atoms with Crippen LogP contribution in [0.4, 0.5) is 0 Å². The van der Waals surface area contributed by atoms with Crippen LogP contribution < -0.4 is 5.32 Å². The summed E-state index contributed by atoms with van der Waals surface area (Å²) < 4.78 is 0. The van der Waals surface area contributed by atoms with Gasteiger partial charge in [0.1, 0.15) is 0 Å². The van der Waals surface area contributed by atoms with E-state index in [1.54, 1.807) is 0 Å². The van der Waals surface area contributed by atoms with Crippen LogP contribution in [-0.4, -0.2) is 12.6 Å². The second-order valence-corrected chi connectivity index (χ2v) is 4.51. The fraction of sp³-hybridized carbons (Fsp3) is 1.00. The minimum absolute atomic E-state index is 0.663. The zero-order chi connectivity index (χ0) is 7.73. The van der Waals surface area contributed by atoms with Gasteiger partial charge in [-0.3, -0.25) is 0 Å². The largest absolute Gasteiger partial charge is 0.313 e. The number of nitrogens with one attached hydrogen (secondary N) is 1. The molecule has 2 rings (SSSR count). The van der Waals surface area contributed by atoms with E-state index in [9.17, 15) is 0 Å². The summed E-state index contributed by atoms with van der Waals surface area (Å²) in [7, 11) is 0. The van der Waals surface area contributed by atoms with Gasteiger partial charge in [-0.1, -0.05) is 19.8 Å². The molecular formula is C10H19N. The van der Waals surface area contributed by atoms with E-state index >= 15 is 0 Å². The first kappa shape index (κ1) is 7.60. The topological polar surface area (TPSA) is 12.0 Å². The van der Waals surface area contributed by atoms with Gasteiger partial charge in [0.2, 0.25) is 0 Å². The molecule has 1 heteroatoms. The molecule has 0 aromatic carbocycles. The minimum atomic E-state index is 0.663. The highest BCUT2D eigenvalue weighted by atomic mass is 14.9. The van der Waals surface area contributed by atoms with Gasteiger partial charge in [0.25, 0.3) is 0 Å². The van der Waals surface area contributed by atoms with Crippen molar-refractivity contribution in [1.29, 1.82) is 0 Å². The van der Waals surface area contributed by atoms with Crippen molar-refractivity contribution < 1.29 is 0 Å². The molecule has 64 valence electrons. The van der Waals surface area contributed by atoms with Gasteiger partial charge < -0.3 is 5.32 Å². The Kier molecular flexibility index (Phi) is 1.92. The SMILES string of the molecule is C[C@@]12CCCC[C@@H]1NCCC2. The second kappa shape index (κ2) is 2.78. The van der Waals surface area contributed by atoms with Gasteiger partial charge in [-0.15, -0.1) is 0 Å². The Morgan fingerprint density at radius 1 is 1.18 bits per heavy atom. The molecule has 0 bridgehead atoms. The molecule has 1 N–H and O–H groups in total. The van der Waals surface area contributed by atoms with E-state index in [1.807, 2.05) is 0 Å². The van der Waals surface area contributed by atoms with Crippen molar-refractivity contribution in [1.82, 2.24) is 5.32 Å². The average molecular weight is 153 g/mol. The van der Waals surface area contributed by atoms with Gasteiger partial charge in [0, 0.05) is 6.04 Å². The Balaban J connectivity index is 2.06. The summed E-state index contributed by atoms with van der Waals surface area (Å²) in [5.74, 6) is 0. The van der Waals surface area contributed by atoms with E-state index in [0.717, 1.165) is 6.04 Å². The van der Waals surface area contributed by atoms with Crippen molar-refractivity contribution in [2.45, 2.75) is 51.5 Å². The third-order valence-electron chi connectivity index (χ3n) is 3.65. The Hall–Kier alpha value is -0.0400. The smallest absolute Gasteiger partial charge is 0.0121 e. The predicted molar refractivity (Wildman–Crippen MR) is 47.6 cm³/mol. The lowest BCUT2D eigenvalue weighted by atomic mass is 9.67. The lowest BCUT2D eigenvalue weighted by molar-refractivity contribution is 0.103. The second-order valence-electron chi connectivity index (χ2n) is 4.51. The normalized spacial score (nSPS) is 45.0. The van der Waals surface area contributed by atoms with Crippen LogP contribution in [0.5, 0.6) is 0 Å². The standard InChI is InChI=1S/C10H19N/c1-10-6-3-2-5-9(10)11-8-4-7-10/h9,11H,2-8H2,1H3/t9-,10-/m0/s1. The lowest BCUT2D eigenvalue weighted by Gasteiger charge is -2.45. The molecule has 0 radical (unpaired) electrons. The third kappa shape index (κ3) is 1.31. The highest BCUT2D eigenvalue weighted by Gasteiger charge is 2.37. The Bertz CT molecular complexity index is 130. The fourth-order valence-electron chi connectivity index (χ4n) is 2.82. The van der Waals surface area contributed by atoms with Gasteiger partial charge in [0.15, 0.2) is 0 Å². The van der Waals surface area contributed by atoms with Crippen LogP contribution in [0, 0.1) is 5.41 Å². The Morgan fingerprint density at radius 3 is 2.82 bits per heavy atom. The molecule has 2 fully saturated rings. The summed E-state index contributed by atoms with van der Waals surface area (Å²) in [5, 5.41) is 3.66. The summed E-state index contributed by atoms with van der Waals surface area (Å²) in [5.41, 5.74) is 0.663. The predicted octanol–water partition coefficient (Wildman–Crippen LogP) is 2.32. The Labute approximate surface area is 69.6 Å². The van der Waals surface area contributed by atoms with Crippen molar-refractivity contribution >= 4 is 0 Å². The zero-order valence-corrected chi connectivity index (χ0v) is 7.53. The molecule has 0 spiro atoms. The molecule has 0 aromatic rings. The molecule has 1 nitrogen and oxygen atoms in total. The third-order valence-corrected chi connectivity index (χ3v) is 3.65. The quantitative estimate of drug-likeness (QED) is 0.563. The van der Waals surface area contributed by atoms with Crippen molar-refractivity contribution in [3.8, 4) is 0 Å². The number of rotatable bonds is 0. The molecule has 0 unspecified atom stereocenters. The first-order valence-corrected chi connectivity index (χ1v) is 5.05. The summed E-state index contributed by atoms with van der Waals surface area (Å²) in [6.07, 6.45) is 8.67. The van der Waals surface area contributed by atoms with E-state index in [0.29, 0.717) is 5.41 Å². The summed E-state index contributed by atoms with van der Waals surface area (Å²) in [4.78, 5) is 0. The van der Waals surface area contributed by atoms with E-state index in [2.05, 4.69) is 12.2 Å². The molecule has 0 aromatic heterocycles. The number of fused-ring (bicyclic) bond motifs is 1. The number of hydrogen-bond acceptors (Lipinski definition) is 1. The minimum Gasteiger partial charge on any atom is -0.313 e. The molecule has 0 amide bonds. The maximum Gasteiger partial charge on any atom is 0.0121 e. The maximum atomic E-state index is 3.66. The monoisotopic (exact) mass is 153 g/mol. The first-order valence-electron chi connectivity index (χ1n) is 5.05. The highest BCUT2D eigenvalue weighted by molar-refractivity contribution is 4.93. The van der Waals surface area contributed by atoms with E-state index in [-0.39, 0.29) is 0 Å². The molecule has 11 heavy (non-hydrogen) atoms. The van der Waals surface area contributed by atoms with E-state index in [1.165, 1.54) is 45.1 Å². The van der Waals surface area contributed by atoms with E-state index < -0.39 is 0 Å². The van der Waals surface area contributed by atoms with Gasteiger partial charge >= 0.3 is 0 Å². The van der Waals surface area contributed by atoms with Crippen molar-refractivity contribution in [2.24, 2.45) is 5.41 Å². The molecule has 1 aliphatic carbocycles. The first-order chi connectivity index (χ1) is 5.31. The molecular weight excluding hydrogens is 134 g/mol. The summed E-state index contributed by atoms with van der Waals surface area (Å²) in [6.45, 7) is 3.74. The molecule has 1 aliphatic heterocycles. The van der Waals surface area contributed by atoms with Crippen LogP contribution in [0.15, 0.2) is 0 Å². The van der Waals surface area contributed by atoms with Crippen LogP contribution in [0.2, 0.25) is 0 Å².